The van der Waals surface area contributed by atoms with E-state index < -0.39 is 29.7 Å². The fourth-order valence-corrected chi connectivity index (χ4v) is 4.91. The number of carbonyl (C=O) groups is 3. The number of nitrogens with zero attached hydrogens (tertiary/aromatic N) is 1. The van der Waals surface area contributed by atoms with Crippen LogP contribution in [-0.4, -0.2) is 46.1 Å². The largest absolute Gasteiger partial charge is 0.508 e. The maximum absolute atomic E-state index is 14.4. The van der Waals surface area contributed by atoms with Gasteiger partial charge in [-0.25, -0.2) is 4.79 Å². The highest BCUT2D eigenvalue weighted by molar-refractivity contribution is 6.00. The van der Waals surface area contributed by atoms with Crippen molar-refractivity contribution in [2.45, 2.75) is 79.5 Å². The molecule has 8 heteroatoms. The van der Waals surface area contributed by atoms with Gasteiger partial charge in [-0.2, -0.15) is 0 Å². The van der Waals surface area contributed by atoms with E-state index in [2.05, 4.69) is 10.6 Å². The lowest BCUT2D eigenvalue weighted by atomic mass is 9.94. The fraction of sp³-hybridized carbons (Fsp3) is 0.382. The average Bonchev–Trinajstić information content (AvgIpc) is 2.90. The topological polar surface area (TPSA) is 108 Å². The molecule has 224 valence electrons. The molecule has 8 nitrogen and oxygen atoms in total. The lowest BCUT2D eigenvalue weighted by Crippen LogP contribution is -2.53. The van der Waals surface area contributed by atoms with Crippen LogP contribution in [0.2, 0.25) is 0 Å². The Kier molecular flexibility index (Phi) is 10.4. The van der Waals surface area contributed by atoms with Crippen LogP contribution in [0.3, 0.4) is 0 Å². The van der Waals surface area contributed by atoms with Crippen molar-refractivity contribution in [3.63, 3.8) is 0 Å². The third-order valence-electron chi connectivity index (χ3n) is 7.22. The van der Waals surface area contributed by atoms with Gasteiger partial charge in [0, 0.05) is 18.7 Å². The molecule has 0 aromatic heterocycles. The van der Waals surface area contributed by atoms with E-state index in [9.17, 15) is 19.5 Å². The number of rotatable bonds is 9. The Morgan fingerprint density at radius 2 is 1.45 bits per heavy atom. The maximum Gasteiger partial charge on any atom is 0.408 e. The van der Waals surface area contributed by atoms with Crippen LogP contribution in [0.15, 0.2) is 60.7 Å². The molecule has 3 aromatic rings. The average molecular weight is 574 g/mol. The van der Waals surface area contributed by atoms with Gasteiger partial charge < -0.3 is 25.4 Å². The van der Waals surface area contributed by atoms with Gasteiger partial charge in [0.05, 0.1) is 0 Å². The number of amides is 3. The van der Waals surface area contributed by atoms with E-state index in [1.165, 1.54) is 17.0 Å². The Morgan fingerprint density at radius 1 is 0.881 bits per heavy atom. The standard InChI is InChI=1S/C34H43N3O5/c1-9-37(32(40)28(35-33(41)42-34(6,7)8)20-25-16-18-26(38)19-17-25)30(27-15-11-12-21(2)24(27)5)31(39)36-29-22(3)13-10-14-23(29)4/h10-19,28,30,38H,9,20H2,1-8H3,(H,35,41)(H,36,39). The van der Waals surface area contributed by atoms with Gasteiger partial charge in [-0.3, -0.25) is 9.59 Å². The molecule has 0 fully saturated rings. The number of aryl methyl sites for hydroxylation is 3. The minimum Gasteiger partial charge on any atom is -0.508 e. The van der Waals surface area contributed by atoms with Crippen molar-refractivity contribution in [3.05, 3.63) is 94.0 Å². The van der Waals surface area contributed by atoms with Crippen LogP contribution in [-0.2, 0) is 20.7 Å². The van der Waals surface area contributed by atoms with Crippen molar-refractivity contribution in [3.8, 4) is 5.75 Å². The smallest absolute Gasteiger partial charge is 0.408 e. The highest BCUT2D eigenvalue weighted by Gasteiger charge is 2.36. The SMILES string of the molecule is CCN(C(=O)C(Cc1ccc(O)cc1)NC(=O)OC(C)(C)C)C(C(=O)Nc1c(C)cccc1C)c1cccc(C)c1C. The summed E-state index contributed by atoms with van der Waals surface area (Å²) in [6.45, 7) is 15.0. The van der Waals surface area contributed by atoms with Gasteiger partial charge in [0.2, 0.25) is 5.91 Å². The Morgan fingerprint density at radius 3 is 2.02 bits per heavy atom. The van der Waals surface area contributed by atoms with Crippen molar-refractivity contribution in [2.24, 2.45) is 0 Å². The minimum absolute atomic E-state index is 0.0927. The molecule has 0 saturated carbocycles. The summed E-state index contributed by atoms with van der Waals surface area (Å²) in [5, 5.41) is 15.6. The number of ether oxygens (including phenoxy) is 1. The summed E-state index contributed by atoms with van der Waals surface area (Å²) in [5.41, 5.74) is 5.08. The summed E-state index contributed by atoms with van der Waals surface area (Å²) < 4.78 is 5.48. The first-order chi connectivity index (χ1) is 19.7. The number of para-hydroxylation sites is 1. The molecular weight excluding hydrogens is 530 g/mol. The monoisotopic (exact) mass is 573 g/mol. The number of aromatic hydroxyl groups is 1. The molecule has 2 unspecified atom stereocenters. The second-order valence-corrected chi connectivity index (χ2v) is 11.6. The van der Waals surface area contributed by atoms with Crippen molar-refractivity contribution >= 4 is 23.6 Å². The van der Waals surface area contributed by atoms with E-state index in [0.29, 0.717) is 11.3 Å². The Balaban J connectivity index is 2.08. The first kappa shape index (κ1) is 32.2. The zero-order chi connectivity index (χ0) is 31.2. The van der Waals surface area contributed by atoms with Gasteiger partial charge in [0.25, 0.3) is 5.91 Å². The lowest BCUT2D eigenvalue weighted by Gasteiger charge is -2.35. The molecule has 0 bridgehead atoms. The zero-order valence-corrected chi connectivity index (χ0v) is 25.9. The fourth-order valence-electron chi connectivity index (χ4n) is 4.91. The second kappa shape index (κ2) is 13.6. The molecule has 0 radical (unpaired) electrons. The third-order valence-corrected chi connectivity index (χ3v) is 7.22. The van der Waals surface area contributed by atoms with Crippen LogP contribution in [0.5, 0.6) is 5.75 Å². The van der Waals surface area contributed by atoms with E-state index in [4.69, 9.17) is 4.74 Å². The first-order valence-electron chi connectivity index (χ1n) is 14.2. The van der Waals surface area contributed by atoms with E-state index in [1.54, 1.807) is 32.9 Å². The molecule has 0 aliphatic heterocycles. The predicted molar refractivity (Wildman–Crippen MR) is 166 cm³/mol. The molecule has 0 aliphatic rings. The molecule has 0 heterocycles. The molecule has 3 N–H and O–H groups in total. The number of nitrogens with one attached hydrogen (secondary N) is 2. The van der Waals surface area contributed by atoms with Crippen molar-refractivity contribution in [2.75, 3.05) is 11.9 Å². The Labute approximate surface area is 249 Å². The lowest BCUT2D eigenvalue weighted by molar-refractivity contribution is -0.140. The quantitative estimate of drug-likeness (QED) is 0.279. The molecule has 0 aliphatic carbocycles. The number of alkyl carbamates (subject to hydrolysis) is 1. The van der Waals surface area contributed by atoms with Gasteiger partial charge in [0.1, 0.15) is 23.4 Å². The maximum atomic E-state index is 14.4. The van der Waals surface area contributed by atoms with Crippen LogP contribution in [0.4, 0.5) is 10.5 Å². The normalized spacial score (nSPS) is 12.7. The molecule has 2 atom stereocenters. The molecule has 0 spiro atoms. The van der Waals surface area contributed by atoms with E-state index >= 15 is 0 Å². The van der Waals surface area contributed by atoms with Gasteiger partial charge in [0.15, 0.2) is 0 Å². The van der Waals surface area contributed by atoms with Crippen LogP contribution < -0.4 is 10.6 Å². The number of anilines is 1. The number of carbonyl (C=O) groups excluding carboxylic acids is 3. The predicted octanol–water partition coefficient (Wildman–Crippen LogP) is 6.29. The Bertz CT molecular complexity index is 1410. The van der Waals surface area contributed by atoms with Crippen LogP contribution in [0, 0.1) is 27.7 Å². The second-order valence-electron chi connectivity index (χ2n) is 11.6. The molecule has 0 saturated heterocycles. The number of hydrogen-bond acceptors (Lipinski definition) is 5. The summed E-state index contributed by atoms with van der Waals surface area (Å²) in [4.78, 5) is 42.9. The Hall–Kier alpha value is -4.33. The van der Waals surface area contributed by atoms with Crippen LogP contribution in [0.1, 0.15) is 67.1 Å². The summed E-state index contributed by atoms with van der Waals surface area (Å²) in [7, 11) is 0. The van der Waals surface area contributed by atoms with E-state index in [0.717, 1.165) is 27.8 Å². The molecule has 3 amide bonds. The highest BCUT2D eigenvalue weighted by Crippen LogP contribution is 2.30. The summed E-state index contributed by atoms with van der Waals surface area (Å²) in [6, 6.07) is 15.9. The number of benzene rings is 3. The number of likely N-dealkylation sites (N-methyl/N-ethyl adjacent to an activating group) is 1. The molecule has 3 rings (SSSR count). The zero-order valence-electron chi connectivity index (χ0n) is 25.9. The molecule has 42 heavy (non-hydrogen) atoms. The van der Waals surface area contributed by atoms with Gasteiger partial charge in [-0.05, 0) is 101 Å². The summed E-state index contributed by atoms with van der Waals surface area (Å²) >= 11 is 0. The first-order valence-corrected chi connectivity index (χ1v) is 14.2. The van der Waals surface area contributed by atoms with E-state index in [-0.39, 0.29) is 24.6 Å². The summed E-state index contributed by atoms with van der Waals surface area (Å²) in [5.74, 6) is -0.689. The third kappa shape index (κ3) is 8.12. The molecular formula is C34H43N3O5. The van der Waals surface area contributed by atoms with Crippen molar-refractivity contribution < 1.29 is 24.2 Å². The highest BCUT2D eigenvalue weighted by atomic mass is 16.6. The molecule has 3 aromatic carbocycles. The van der Waals surface area contributed by atoms with Gasteiger partial charge in [-0.1, -0.05) is 48.5 Å². The van der Waals surface area contributed by atoms with E-state index in [1.807, 2.05) is 71.0 Å². The van der Waals surface area contributed by atoms with Gasteiger partial charge >= 0.3 is 6.09 Å². The number of phenols is 1. The minimum atomic E-state index is -1.04. The van der Waals surface area contributed by atoms with Crippen LogP contribution in [0.25, 0.3) is 0 Å². The number of phenolic OH excluding ortho intramolecular Hbond substituents is 1. The number of hydrogen-bond donors (Lipinski definition) is 3. The summed E-state index contributed by atoms with van der Waals surface area (Å²) in [6.07, 6.45) is -0.605. The van der Waals surface area contributed by atoms with Crippen molar-refractivity contribution in [1.29, 1.82) is 0 Å². The van der Waals surface area contributed by atoms with Gasteiger partial charge in [-0.15, -0.1) is 0 Å². The van der Waals surface area contributed by atoms with Crippen LogP contribution >= 0.6 is 0 Å². The van der Waals surface area contributed by atoms with Crippen molar-refractivity contribution in [1.82, 2.24) is 10.2 Å².